The van der Waals surface area contributed by atoms with Crippen LogP contribution in [0, 0.1) is 0 Å². The maximum atomic E-state index is 12.3. The fourth-order valence-electron chi connectivity index (χ4n) is 2.42. The Hall–Kier alpha value is -3.48. The molecular weight excluding hydrogens is 334 g/mol. The van der Waals surface area contributed by atoms with Crippen molar-refractivity contribution in [2.45, 2.75) is 20.0 Å². The molecule has 0 aliphatic carbocycles. The number of rotatable bonds is 5. The Morgan fingerprint density at radius 3 is 2.46 bits per heavy atom. The van der Waals surface area contributed by atoms with E-state index in [2.05, 4.69) is 15.5 Å². The van der Waals surface area contributed by atoms with E-state index in [4.69, 9.17) is 4.74 Å². The molecule has 0 fully saturated rings. The van der Waals surface area contributed by atoms with Gasteiger partial charge in [-0.1, -0.05) is 18.2 Å². The van der Waals surface area contributed by atoms with Crippen LogP contribution >= 0.6 is 0 Å². The third-order valence-corrected chi connectivity index (χ3v) is 3.88. The van der Waals surface area contributed by atoms with Crippen molar-refractivity contribution >= 4 is 34.3 Å². The minimum absolute atomic E-state index is 0.0589. The molecule has 1 aromatic heterocycles. The second-order valence-corrected chi connectivity index (χ2v) is 5.79. The molecule has 3 rings (SSSR count). The number of ether oxygens (including phenoxy) is 1. The number of Topliss-reactive ketones (excluding diaryl/α,β-unsaturated/α-hetero) is 1. The van der Waals surface area contributed by atoms with Crippen LogP contribution in [0.1, 0.15) is 34.7 Å². The molecule has 0 unspecified atom stereocenters. The van der Waals surface area contributed by atoms with Crippen LogP contribution in [0.25, 0.3) is 10.9 Å². The van der Waals surface area contributed by atoms with Gasteiger partial charge in [0.1, 0.15) is 0 Å². The Balaban J connectivity index is 1.65. The summed E-state index contributed by atoms with van der Waals surface area (Å²) in [6, 6.07) is 13.6. The molecule has 3 aromatic rings. The van der Waals surface area contributed by atoms with Crippen LogP contribution < -0.4 is 5.32 Å². The largest absolute Gasteiger partial charge is 0.448 e. The molecule has 1 amide bonds. The van der Waals surface area contributed by atoms with Gasteiger partial charge in [-0.25, -0.2) is 4.79 Å². The Bertz CT molecular complexity index is 976. The van der Waals surface area contributed by atoms with E-state index in [1.165, 1.54) is 13.8 Å². The average molecular weight is 351 g/mol. The van der Waals surface area contributed by atoms with Gasteiger partial charge in [0, 0.05) is 16.6 Å². The predicted octanol–water partition coefficient (Wildman–Crippen LogP) is 2.95. The molecule has 1 heterocycles. The van der Waals surface area contributed by atoms with Gasteiger partial charge in [-0.15, -0.1) is 0 Å². The second-order valence-electron chi connectivity index (χ2n) is 5.79. The monoisotopic (exact) mass is 351 g/mol. The molecule has 0 aliphatic heterocycles. The summed E-state index contributed by atoms with van der Waals surface area (Å²) in [5, 5.41) is 9.97. The summed E-state index contributed by atoms with van der Waals surface area (Å²) in [7, 11) is 0. The number of benzene rings is 2. The SMILES string of the molecule is CC(=O)c1ccc(NC(=O)[C@H](C)OC(=O)c2n[nH]c3ccccc23)cc1. The Labute approximate surface area is 149 Å². The number of aromatic amines is 1. The van der Waals surface area contributed by atoms with Crippen LogP contribution in [0.3, 0.4) is 0 Å². The molecule has 0 saturated carbocycles. The van der Waals surface area contributed by atoms with Gasteiger partial charge in [-0.3, -0.25) is 14.7 Å². The Morgan fingerprint density at radius 1 is 1.08 bits per heavy atom. The molecule has 0 aliphatic rings. The quantitative estimate of drug-likeness (QED) is 0.544. The van der Waals surface area contributed by atoms with Gasteiger partial charge >= 0.3 is 5.97 Å². The van der Waals surface area contributed by atoms with E-state index in [1.807, 2.05) is 6.07 Å². The fraction of sp³-hybridized carbons (Fsp3) is 0.158. The van der Waals surface area contributed by atoms with Crippen molar-refractivity contribution in [2.24, 2.45) is 0 Å². The summed E-state index contributed by atoms with van der Waals surface area (Å²) in [4.78, 5) is 35.8. The zero-order valence-electron chi connectivity index (χ0n) is 14.3. The molecule has 132 valence electrons. The molecule has 0 saturated heterocycles. The summed E-state index contributed by atoms with van der Waals surface area (Å²) in [5.41, 5.74) is 1.90. The predicted molar refractivity (Wildman–Crippen MR) is 96.0 cm³/mol. The van der Waals surface area contributed by atoms with Crippen molar-refractivity contribution in [3.8, 4) is 0 Å². The summed E-state index contributed by atoms with van der Waals surface area (Å²) >= 11 is 0. The van der Waals surface area contributed by atoms with Gasteiger partial charge in [0.15, 0.2) is 17.6 Å². The zero-order chi connectivity index (χ0) is 18.7. The normalized spacial score (nSPS) is 11.8. The second kappa shape index (κ2) is 7.18. The molecule has 0 spiro atoms. The Kier molecular flexibility index (Phi) is 4.79. The van der Waals surface area contributed by atoms with E-state index in [-0.39, 0.29) is 11.5 Å². The highest BCUT2D eigenvalue weighted by Crippen LogP contribution is 2.17. The molecule has 0 bridgehead atoms. The highest BCUT2D eigenvalue weighted by atomic mass is 16.5. The lowest BCUT2D eigenvalue weighted by Gasteiger charge is -2.13. The number of anilines is 1. The van der Waals surface area contributed by atoms with Crippen molar-refractivity contribution in [1.82, 2.24) is 10.2 Å². The maximum absolute atomic E-state index is 12.3. The van der Waals surface area contributed by atoms with E-state index in [0.29, 0.717) is 22.2 Å². The van der Waals surface area contributed by atoms with Gasteiger partial charge in [0.2, 0.25) is 0 Å². The highest BCUT2D eigenvalue weighted by molar-refractivity contribution is 6.03. The molecule has 26 heavy (non-hydrogen) atoms. The first kappa shape index (κ1) is 17.3. The Morgan fingerprint density at radius 2 is 1.77 bits per heavy atom. The first-order chi connectivity index (χ1) is 12.5. The summed E-state index contributed by atoms with van der Waals surface area (Å²) in [5.74, 6) is -1.22. The number of fused-ring (bicyclic) bond motifs is 1. The van der Waals surface area contributed by atoms with E-state index in [9.17, 15) is 14.4 Å². The number of carbonyl (C=O) groups excluding carboxylic acids is 3. The number of carbonyl (C=O) groups is 3. The van der Waals surface area contributed by atoms with Crippen molar-refractivity contribution < 1.29 is 19.1 Å². The average Bonchev–Trinajstić information content (AvgIpc) is 3.06. The molecular formula is C19H17N3O4. The van der Waals surface area contributed by atoms with Crippen molar-refractivity contribution in [2.75, 3.05) is 5.32 Å². The van der Waals surface area contributed by atoms with E-state index in [0.717, 1.165) is 0 Å². The summed E-state index contributed by atoms with van der Waals surface area (Å²) in [6.45, 7) is 2.94. The number of nitrogens with zero attached hydrogens (tertiary/aromatic N) is 1. The zero-order valence-corrected chi connectivity index (χ0v) is 14.3. The third kappa shape index (κ3) is 3.61. The van der Waals surface area contributed by atoms with Crippen molar-refractivity contribution in [3.63, 3.8) is 0 Å². The van der Waals surface area contributed by atoms with E-state index in [1.54, 1.807) is 42.5 Å². The topological polar surface area (TPSA) is 101 Å². The van der Waals surface area contributed by atoms with Crippen molar-refractivity contribution in [3.05, 3.63) is 59.8 Å². The highest BCUT2D eigenvalue weighted by Gasteiger charge is 2.22. The van der Waals surface area contributed by atoms with Crippen molar-refractivity contribution in [1.29, 1.82) is 0 Å². The van der Waals surface area contributed by atoms with Crippen LogP contribution in [0.4, 0.5) is 5.69 Å². The number of para-hydroxylation sites is 1. The molecule has 2 aromatic carbocycles. The summed E-state index contributed by atoms with van der Waals surface area (Å²) < 4.78 is 5.21. The number of ketones is 1. The minimum Gasteiger partial charge on any atom is -0.448 e. The van der Waals surface area contributed by atoms with Gasteiger partial charge in [-0.05, 0) is 44.2 Å². The van der Waals surface area contributed by atoms with Gasteiger partial charge < -0.3 is 10.1 Å². The number of nitrogens with one attached hydrogen (secondary N) is 2. The first-order valence-corrected chi connectivity index (χ1v) is 8.01. The number of hydrogen-bond donors (Lipinski definition) is 2. The van der Waals surface area contributed by atoms with E-state index < -0.39 is 18.0 Å². The van der Waals surface area contributed by atoms with Crippen LogP contribution in [0.2, 0.25) is 0 Å². The van der Waals surface area contributed by atoms with Gasteiger partial charge in [0.25, 0.3) is 5.91 Å². The minimum atomic E-state index is -1.01. The number of esters is 1. The lowest BCUT2D eigenvalue weighted by Crippen LogP contribution is -2.30. The standard InChI is InChI=1S/C19H17N3O4/c1-11(23)13-7-9-14(10-8-13)20-18(24)12(2)26-19(25)17-15-5-3-4-6-16(15)21-22-17/h3-10,12H,1-2H3,(H,20,24)(H,21,22)/t12-/m0/s1. The third-order valence-electron chi connectivity index (χ3n) is 3.88. The van der Waals surface area contributed by atoms with Gasteiger partial charge in [0.05, 0.1) is 5.52 Å². The number of hydrogen-bond acceptors (Lipinski definition) is 5. The number of H-pyrrole nitrogens is 1. The lowest BCUT2D eigenvalue weighted by molar-refractivity contribution is -0.123. The smallest absolute Gasteiger partial charge is 0.360 e. The molecule has 1 atom stereocenters. The number of aromatic nitrogens is 2. The first-order valence-electron chi connectivity index (χ1n) is 8.01. The fourth-order valence-corrected chi connectivity index (χ4v) is 2.42. The molecule has 0 radical (unpaired) electrons. The lowest BCUT2D eigenvalue weighted by atomic mass is 10.1. The van der Waals surface area contributed by atoms with E-state index >= 15 is 0 Å². The van der Waals surface area contributed by atoms with Crippen LogP contribution in [0.15, 0.2) is 48.5 Å². The van der Waals surface area contributed by atoms with Crippen LogP contribution in [0.5, 0.6) is 0 Å². The summed E-state index contributed by atoms with van der Waals surface area (Å²) in [6.07, 6.45) is -1.01. The molecule has 7 heteroatoms. The molecule has 2 N–H and O–H groups in total. The van der Waals surface area contributed by atoms with Crippen LogP contribution in [-0.2, 0) is 9.53 Å². The number of amides is 1. The van der Waals surface area contributed by atoms with Gasteiger partial charge in [-0.2, -0.15) is 5.10 Å². The maximum Gasteiger partial charge on any atom is 0.360 e. The molecule has 7 nitrogen and oxygen atoms in total. The van der Waals surface area contributed by atoms with Crippen LogP contribution in [-0.4, -0.2) is 34.0 Å².